The van der Waals surface area contributed by atoms with E-state index in [2.05, 4.69) is 15.3 Å². The van der Waals surface area contributed by atoms with E-state index in [1.807, 2.05) is 0 Å². The lowest BCUT2D eigenvalue weighted by molar-refractivity contribution is 0.107. The van der Waals surface area contributed by atoms with Gasteiger partial charge in [-0.15, -0.1) is 0 Å². The molecular formula is C10H17N5O. The van der Waals surface area contributed by atoms with E-state index in [1.54, 1.807) is 6.07 Å². The van der Waals surface area contributed by atoms with Crippen LogP contribution in [-0.4, -0.2) is 29.2 Å². The highest BCUT2D eigenvalue weighted by Crippen LogP contribution is 2.15. The summed E-state index contributed by atoms with van der Waals surface area (Å²) in [5.41, 5.74) is 11.0. The molecule has 1 aromatic heterocycles. The fraction of sp³-hybridized carbons (Fsp3) is 0.600. The minimum atomic E-state index is 0.194. The number of anilines is 3. The summed E-state index contributed by atoms with van der Waals surface area (Å²) in [7, 11) is 0. The molecule has 0 bridgehead atoms. The number of hydrogen-bond acceptors (Lipinski definition) is 6. The van der Waals surface area contributed by atoms with Crippen LogP contribution in [0.15, 0.2) is 6.07 Å². The van der Waals surface area contributed by atoms with Gasteiger partial charge in [0.15, 0.2) is 0 Å². The molecule has 2 heterocycles. The smallest absolute Gasteiger partial charge is 0.223 e. The van der Waals surface area contributed by atoms with E-state index in [4.69, 9.17) is 16.2 Å². The second kappa shape index (κ2) is 4.98. The predicted molar refractivity (Wildman–Crippen MR) is 62.9 cm³/mol. The second-order valence-electron chi connectivity index (χ2n) is 3.89. The van der Waals surface area contributed by atoms with Gasteiger partial charge in [-0.1, -0.05) is 0 Å². The molecule has 0 aliphatic carbocycles. The zero-order valence-electron chi connectivity index (χ0n) is 9.15. The molecule has 1 saturated heterocycles. The molecule has 5 N–H and O–H groups in total. The molecular weight excluding hydrogens is 206 g/mol. The molecule has 0 radical (unpaired) electrons. The van der Waals surface area contributed by atoms with Crippen molar-refractivity contribution in [2.45, 2.75) is 25.4 Å². The maximum atomic E-state index is 5.56. The van der Waals surface area contributed by atoms with Gasteiger partial charge in [0.05, 0.1) is 6.10 Å². The minimum Gasteiger partial charge on any atom is -0.383 e. The summed E-state index contributed by atoms with van der Waals surface area (Å²) in [5.74, 6) is 1.25. The van der Waals surface area contributed by atoms with E-state index in [0.717, 1.165) is 32.4 Å². The third kappa shape index (κ3) is 2.96. The van der Waals surface area contributed by atoms with Gasteiger partial charge in [-0.3, -0.25) is 0 Å². The molecule has 6 nitrogen and oxygen atoms in total. The van der Waals surface area contributed by atoms with Crippen molar-refractivity contribution in [3.05, 3.63) is 6.07 Å². The highest BCUT2D eigenvalue weighted by atomic mass is 16.5. The van der Waals surface area contributed by atoms with Crippen LogP contribution in [0.2, 0.25) is 0 Å². The summed E-state index contributed by atoms with van der Waals surface area (Å²) in [6.45, 7) is 1.69. The number of nitrogens with two attached hydrogens (primary N) is 2. The Balaban J connectivity index is 1.80. The first-order valence-corrected chi connectivity index (χ1v) is 5.49. The average molecular weight is 223 g/mol. The monoisotopic (exact) mass is 223 g/mol. The fourth-order valence-electron chi connectivity index (χ4n) is 1.81. The zero-order valence-corrected chi connectivity index (χ0v) is 9.15. The summed E-state index contributed by atoms with van der Waals surface area (Å²) in [6, 6.07) is 1.67. The first-order valence-electron chi connectivity index (χ1n) is 5.49. The predicted octanol–water partition coefficient (Wildman–Crippen LogP) is 0.622. The molecule has 1 aliphatic heterocycles. The van der Waals surface area contributed by atoms with Crippen molar-refractivity contribution in [1.29, 1.82) is 0 Å². The van der Waals surface area contributed by atoms with Gasteiger partial charge in [-0.25, -0.2) is 0 Å². The normalized spacial score (nSPS) is 19.9. The number of hydrogen-bond donors (Lipinski definition) is 3. The number of nitrogens with zero attached hydrogens (tertiary/aromatic N) is 2. The Morgan fingerprint density at radius 2 is 2.31 bits per heavy atom. The van der Waals surface area contributed by atoms with Gasteiger partial charge in [0.1, 0.15) is 11.6 Å². The van der Waals surface area contributed by atoms with Gasteiger partial charge in [-0.2, -0.15) is 9.97 Å². The Morgan fingerprint density at radius 1 is 1.44 bits per heavy atom. The highest BCUT2D eigenvalue weighted by molar-refractivity contribution is 5.48. The molecule has 0 aromatic carbocycles. The maximum Gasteiger partial charge on any atom is 0.223 e. The van der Waals surface area contributed by atoms with E-state index in [-0.39, 0.29) is 5.95 Å². The van der Waals surface area contributed by atoms with Crippen LogP contribution in [0.5, 0.6) is 0 Å². The topological polar surface area (TPSA) is 99.1 Å². The standard InChI is InChI=1S/C10H17N5O/c11-8-6-9(15-10(12)14-8)13-4-3-7-2-1-5-16-7/h6-7H,1-5H2,(H5,11,12,13,14,15). The molecule has 1 atom stereocenters. The van der Waals surface area contributed by atoms with Crippen LogP contribution in [-0.2, 0) is 4.74 Å². The third-order valence-electron chi connectivity index (χ3n) is 2.56. The molecule has 88 valence electrons. The van der Waals surface area contributed by atoms with Gasteiger partial charge in [0.25, 0.3) is 0 Å². The second-order valence-corrected chi connectivity index (χ2v) is 3.89. The molecule has 0 saturated carbocycles. The highest BCUT2D eigenvalue weighted by Gasteiger charge is 2.14. The van der Waals surface area contributed by atoms with Crippen molar-refractivity contribution < 1.29 is 4.74 Å². The first-order chi connectivity index (χ1) is 7.74. The lowest BCUT2D eigenvalue weighted by Gasteiger charge is -2.10. The van der Waals surface area contributed by atoms with Crippen LogP contribution >= 0.6 is 0 Å². The van der Waals surface area contributed by atoms with E-state index in [9.17, 15) is 0 Å². The van der Waals surface area contributed by atoms with Crippen molar-refractivity contribution in [3.8, 4) is 0 Å². The van der Waals surface area contributed by atoms with E-state index in [0.29, 0.717) is 17.7 Å². The molecule has 1 fully saturated rings. The molecule has 1 aromatic rings. The third-order valence-corrected chi connectivity index (χ3v) is 2.56. The lowest BCUT2D eigenvalue weighted by Crippen LogP contribution is -2.13. The van der Waals surface area contributed by atoms with E-state index in [1.165, 1.54) is 0 Å². The maximum absolute atomic E-state index is 5.56. The minimum absolute atomic E-state index is 0.194. The van der Waals surface area contributed by atoms with Crippen molar-refractivity contribution in [2.75, 3.05) is 29.9 Å². The molecule has 2 rings (SSSR count). The van der Waals surface area contributed by atoms with Crippen molar-refractivity contribution >= 4 is 17.6 Å². The first kappa shape index (κ1) is 10.9. The Bertz CT molecular complexity index is 331. The zero-order chi connectivity index (χ0) is 11.4. The lowest BCUT2D eigenvalue weighted by atomic mass is 10.2. The van der Waals surface area contributed by atoms with Crippen LogP contribution in [0.1, 0.15) is 19.3 Å². The van der Waals surface area contributed by atoms with Crippen molar-refractivity contribution in [1.82, 2.24) is 9.97 Å². The fourth-order valence-corrected chi connectivity index (χ4v) is 1.81. The van der Waals surface area contributed by atoms with E-state index >= 15 is 0 Å². The van der Waals surface area contributed by atoms with Crippen LogP contribution in [0.4, 0.5) is 17.6 Å². The van der Waals surface area contributed by atoms with Crippen molar-refractivity contribution in [3.63, 3.8) is 0 Å². The summed E-state index contributed by atoms with van der Waals surface area (Å²) in [6.07, 6.45) is 3.67. The molecule has 1 aliphatic rings. The van der Waals surface area contributed by atoms with Gasteiger partial charge in [0, 0.05) is 19.2 Å². The summed E-state index contributed by atoms with van der Waals surface area (Å²) in [4.78, 5) is 7.83. The van der Waals surface area contributed by atoms with Crippen LogP contribution in [0.25, 0.3) is 0 Å². The van der Waals surface area contributed by atoms with Crippen molar-refractivity contribution in [2.24, 2.45) is 0 Å². The summed E-state index contributed by atoms with van der Waals surface area (Å²) < 4.78 is 5.52. The van der Waals surface area contributed by atoms with Crippen LogP contribution in [0.3, 0.4) is 0 Å². The molecule has 6 heteroatoms. The molecule has 16 heavy (non-hydrogen) atoms. The number of aromatic nitrogens is 2. The Labute approximate surface area is 94.4 Å². The number of rotatable bonds is 4. The number of ether oxygens (including phenoxy) is 1. The Hall–Kier alpha value is -1.56. The van der Waals surface area contributed by atoms with Gasteiger partial charge in [0.2, 0.25) is 5.95 Å². The number of nitrogens with one attached hydrogen (secondary N) is 1. The average Bonchev–Trinajstić information content (AvgIpc) is 2.69. The van der Waals surface area contributed by atoms with Crippen LogP contribution < -0.4 is 16.8 Å². The van der Waals surface area contributed by atoms with Gasteiger partial charge in [-0.05, 0) is 19.3 Å². The van der Waals surface area contributed by atoms with Gasteiger partial charge >= 0.3 is 0 Å². The Kier molecular flexibility index (Phi) is 3.40. The molecule has 1 unspecified atom stereocenters. The molecule has 0 spiro atoms. The SMILES string of the molecule is Nc1cc(NCCC2CCCO2)nc(N)n1. The quantitative estimate of drug-likeness (QED) is 0.692. The number of nitrogen functional groups attached to an aromatic ring is 2. The van der Waals surface area contributed by atoms with Gasteiger partial charge < -0.3 is 21.5 Å². The largest absolute Gasteiger partial charge is 0.383 e. The summed E-state index contributed by atoms with van der Waals surface area (Å²) >= 11 is 0. The summed E-state index contributed by atoms with van der Waals surface area (Å²) in [5, 5.41) is 3.16. The molecule has 0 amide bonds. The van der Waals surface area contributed by atoms with E-state index < -0.39 is 0 Å². The Morgan fingerprint density at radius 3 is 3.00 bits per heavy atom. The van der Waals surface area contributed by atoms with Crippen LogP contribution in [0, 0.1) is 0 Å².